The molecule has 12 heteroatoms. The Morgan fingerprint density at radius 1 is 1.36 bits per heavy atom. The van der Waals surface area contributed by atoms with E-state index in [0.29, 0.717) is 21.8 Å². The number of carbonyl (C=O) groups excluding carboxylic acids is 1. The number of rotatable bonds is 4. The Morgan fingerprint density at radius 2 is 2.14 bits per heavy atom. The van der Waals surface area contributed by atoms with E-state index in [9.17, 15) is 19.7 Å². The molecule has 0 fully saturated rings. The highest BCUT2D eigenvalue weighted by Crippen LogP contribution is 2.26. The average Bonchev–Trinajstić information content (AvgIpc) is 3.31. The fraction of sp³-hybridized carbons (Fsp3) is 0.125. The highest BCUT2D eigenvalue weighted by molar-refractivity contribution is 9.10. The predicted molar refractivity (Wildman–Crippen MR) is 104 cm³/mol. The van der Waals surface area contributed by atoms with Crippen molar-refractivity contribution in [1.29, 1.82) is 0 Å². The third-order valence-electron chi connectivity index (χ3n) is 4.11. The molecule has 3 heterocycles. The molecule has 0 saturated heterocycles. The van der Waals surface area contributed by atoms with Crippen LogP contribution in [0.1, 0.15) is 16.2 Å². The second-order valence-electron chi connectivity index (χ2n) is 5.75. The molecule has 142 valence electrons. The van der Waals surface area contributed by atoms with E-state index >= 15 is 0 Å². The van der Waals surface area contributed by atoms with Gasteiger partial charge < -0.3 is 4.74 Å². The first-order chi connectivity index (χ1) is 13.4. The molecule has 3 aromatic heterocycles. The molecule has 0 atom stereocenters. The predicted octanol–water partition coefficient (Wildman–Crippen LogP) is 2.67. The fourth-order valence-corrected chi connectivity index (χ4v) is 3.98. The SMILES string of the molecule is Cn1c(=O)c2sccc2n2c(COC(=O)c3ccc(Br)c([N+](=O)[O-])c3)nnc12. The molecule has 0 aliphatic heterocycles. The van der Waals surface area contributed by atoms with Gasteiger partial charge in [0.25, 0.3) is 11.2 Å². The van der Waals surface area contributed by atoms with E-state index in [1.165, 1.54) is 28.0 Å². The Morgan fingerprint density at radius 3 is 2.89 bits per heavy atom. The van der Waals surface area contributed by atoms with Gasteiger partial charge in [-0.3, -0.25) is 23.9 Å². The topological polar surface area (TPSA) is 122 Å². The molecule has 28 heavy (non-hydrogen) atoms. The molecule has 0 bridgehead atoms. The highest BCUT2D eigenvalue weighted by Gasteiger charge is 2.19. The van der Waals surface area contributed by atoms with E-state index in [4.69, 9.17) is 4.74 Å². The second kappa shape index (κ2) is 6.80. The van der Waals surface area contributed by atoms with Crippen molar-refractivity contribution in [1.82, 2.24) is 19.2 Å². The standard InChI is InChI=1S/C16H10BrN5O5S/c1-20-14(23)13-10(4-5-28-13)21-12(18-19-16(20)21)7-27-15(24)8-2-3-9(17)11(6-8)22(25)26/h2-6H,7H2,1H3. The van der Waals surface area contributed by atoms with E-state index in [1.54, 1.807) is 22.9 Å². The summed E-state index contributed by atoms with van der Waals surface area (Å²) in [7, 11) is 1.59. The first-order valence-electron chi connectivity index (χ1n) is 7.79. The number of fused-ring (bicyclic) bond motifs is 3. The van der Waals surface area contributed by atoms with E-state index in [1.807, 2.05) is 0 Å². The number of ether oxygens (including phenoxy) is 1. The maximum atomic E-state index is 12.3. The summed E-state index contributed by atoms with van der Waals surface area (Å²) >= 11 is 4.36. The Labute approximate surface area is 168 Å². The average molecular weight is 464 g/mol. The fourth-order valence-electron chi connectivity index (χ4n) is 2.74. The van der Waals surface area contributed by atoms with Gasteiger partial charge in [-0.15, -0.1) is 21.5 Å². The summed E-state index contributed by atoms with van der Waals surface area (Å²) in [6.07, 6.45) is 0. The first-order valence-corrected chi connectivity index (χ1v) is 9.47. The van der Waals surface area contributed by atoms with Gasteiger partial charge >= 0.3 is 5.97 Å². The Hall–Kier alpha value is -3.12. The monoisotopic (exact) mass is 463 g/mol. The zero-order valence-electron chi connectivity index (χ0n) is 14.2. The Balaban J connectivity index is 1.67. The Bertz CT molecular complexity index is 1320. The maximum absolute atomic E-state index is 12.3. The van der Waals surface area contributed by atoms with Crippen LogP contribution in [0, 0.1) is 10.1 Å². The molecule has 4 aromatic rings. The number of aromatic nitrogens is 4. The molecule has 1 aromatic carbocycles. The molecule has 0 unspecified atom stereocenters. The summed E-state index contributed by atoms with van der Waals surface area (Å²) in [5.41, 5.74) is 0.239. The van der Waals surface area contributed by atoms with Gasteiger partial charge in [0.15, 0.2) is 12.4 Å². The number of esters is 1. The van der Waals surface area contributed by atoms with Crippen LogP contribution in [0.25, 0.3) is 16.0 Å². The van der Waals surface area contributed by atoms with Crippen LogP contribution < -0.4 is 5.56 Å². The smallest absolute Gasteiger partial charge is 0.338 e. The van der Waals surface area contributed by atoms with Crippen molar-refractivity contribution in [3.05, 3.63) is 66.0 Å². The number of nitrogens with zero attached hydrogens (tertiary/aromatic N) is 5. The number of benzene rings is 1. The summed E-state index contributed by atoms with van der Waals surface area (Å²) in [6, 6.07) is 5.73. The van der Waals surface area contributed by atoms with E-state index in [2.05, 4.69) is 26.1 Å². The van der Waals surface area contributed by atoms with E-state index in [-0.39, 0.29) is 27.9 Å². The van der Waals surface area contributed by atoms with Crippen LogP contribution >= 0.6 is 27.3 Å². The lowest BCUT2D eigenvalue weighted by atomic mass is 10.2. The second-order valence-corrected chi connectivity index (χ2v) is 7.52. The van der Waals surface area contributed by atoms with Gasteiger partial charge in [-0.2, -0.15) is 0 Å². The van der Waals surface area contributed by atoms with Crippen molar-refractivity contribution >= 4 is 54.9 Å². The number of carbonyl (C=O) groups is 1. The highest BCUT2D eigenvalue weighted by atomic mass is 79.9. The molecule has 0 aliphatic carbocycles. The summed E-state index contributed by atoms with van der Waals surface area (Å²) in [6.45, 7) is -0.215. The van der Waals surface area contributed by atoms with Crippen molar-refractivity contribution in [2.45, 2.75) is 6.61 Å². The van der Waals surface area contributed by atoms with Crippen molar-refractivity contribution in [3.63, 3.8) is 0 Å². The zero-order valence-corrected chi connectivity index (χ0v) is 16.6. The quantitative estimate of drug-likeness (QED) is 0.259. The molecule has 0 N–H and O–H groups in total. The van der Waals surface area contributed by atoms with Crippen LogP contribution in [-0.4, -0.2) is 30.1 Å². The lowest BCUT2D eigenvalue weighted by Crippen LogP contribution is -2.19. The number of hydrogen-bond donors (Lipinski definition) is 0. The van der Waals surface area contributed by atoms with Crippen molar-refractivity contribution in [2.24, 2.45) is 7.05 Å². The number of nitro benzene ring substituents is 1. The normalized spacial score (nSPS) is 11.2. The van der Waals surface area contributed by atoms with Crippen LogP contribution in [0.3, 0.4) is 0 Å². The maximum Gasteiger partial charge on any atom is 0.338 e. The number of aryl methyl sites for hydroxylation is 1. The van der Waals surface area contributed by atoms with Crippen LogP contribution in [0.2, 0.25) is 0 Å². The van der Waals surface area contributed by atoms with Gasteiger partial charge in [-0.25, -0.2) is 4.79 Å². The van der Waals surface area contributed by atoms with Gasteiger partial charge in [0.05, 0.1) is 20.5 Å². The minimum atomic E-state index is -0.737. The zero-order chi connectivity index (χ0) is 20.0. The minimum absolute atomic E-state index is 0.0387. The number of halogens is 1. The molecule has 0 amide bonds. The molecule has 4 rings (SSSR count). The van der Waals surface area contributed by atoms with Crippen LogP contribution in [-0.2, 0) is 18.4 Å². The van der Waals surface area contributed by atoms with Crippen LogP contribution in [0.4, 0.5) is 5.69 Å². The Kier molecular flexibility index (Phi) is 4.43. The number of nitro groups is 1. The molecular weight excluding hydrogens is 454 g/mol. The number of thiophene rings is 1. The molecule has 10 nitrogen and oxygen atoms in total. The minimum Gasteiger partial charge on any atom is -0.454 e. The molecule has 0 radical (unpaired) electrons. The van der Waals surface area contributed by atoms with Gasteiger partial charge in [0.1, 0.15) is 4.70 Å². The van der Waals surface area contributed by atoms with E-state index < -0.39 is 10.9 Å². The van der Waals surface area contributed by atoms with Gasteiger partial charge in [-0.1, -0.05) is 0 Å². The molecule has 0 spiro atoms. The lowest BCUT2D eigenvalue weighted by molar-refractivity contribution is -0.385. The van der Waals surface area contributed by atoms with Gasteiger partial charge in [0.2, 0.25) is 5.78 Å². The summed E-state index contributed by atoms with van der Waals surface area (Å²) in [4.78, 5) is 35.1. The summed E-state index contributed by atoms with van der Waals surface area (Å²) < 4.78 is 9.08. The van der Waals surface area contributed by atoms with Gasteiger partial charge in [-0.05, 0) is 39.5 Å². The third kappa shape index (κ3) is 2.86. The first kappa shape index (κ1) is 18.3. The van der Waals surface area contributed by atoms with Crippen molar-refractivity contribution in [2.75, 3.05) is 0 Å². The molecule has 0 aliphatic rings. The van der Waals surface area contributed by atoms with Crippen LogP contribution in [0.5, 0.6) is 0 Å². The van der Waals surface area contributed by atoms with Crippen LogP contribution in [0.15, 0.2) is 38.9 Å². The summed E-state index contributed by atoms with van der Waals surface area (Å²) in [5.74, 6) is -0.0890. The summed E-state index contributed by atoms with van der Waals surface area (Å²) in [5, 5.41) is 20.8. The molecular formula is C16H10BrN5O5S. The largest absolute Gasteiger partial charge is 0.454 e. The van der Waals surface area contributed by atoms with Crippen molar-refractivity contribution in [3.8, 4) is 0 Å². The lowest BCUT2D eigenvalue weighted by Gasteiger charge is -2.06. The molecule has 0 saturated carbocycles. The van der Waals surface area contributed by atoms with Gasteiger partial charge in [0, 0.05) is 13.1 Å². The third-order valence-corrected chi connectivity index (χ3v) is 5.67. The number of hydrogen-bond acceptors (Lipinski definition) is 8. The van der Waals surface area contributed by atoms with E-state index in [0.717, 1.165) is 6.07 Å². The van der Waals surface area contributed by atoms with Crippen molar-refractivity contribution < 1.29 is 14.5 Å².